The Balaban J connectivity index is 1.11. The molecule has 0 saturated heterocycles. The van der Waals surface area contributed by atoms with Gasteiger partial charge in [0.05, 0.1) is 16.4 Å². The molecule has 1 spiro atoms. The molecular formula is C56H34N2O. The smallest absolute Gasteiger partial charge is 0.145 e. The maximum atomic E-state index is 6.68. The molecule has 2 heterocycles. The SMILES string of the molecule is c1ccc(-c2nc3cc(-c4ccc5c(c4)C4(c6ccccc6-c6ccccc6-5)c5ccccc5-c5cc6c(cc54)oc4ccccc46)ccc3n2-c2ccccc2)cc1. The van der Waals surface area contributed by atoms with Gasteiger partial charge in [-0.1, -0.05) is 158 Å². The van der Waals surface area contributed by atoms with Crippen LogP contribution in [0.3, 0.4) is 0 Å². The number of nitrogens with zero attached hydrogens (tertiary/aromatic N) is 2. The van der Waals surface area contributed by atoms with E-state index in [0.29, 0.717) is 0 Å². The van der Waals surface area contributed by atoms with E-state index in [-0.39, 0.29) is 0 Å². The van der Waals surface area contributed by atoms with Gasteiger partial charge in [-0.2, -0.15) is 0 Å². The summed E-state index contributed by atoms with van der Waals surface area (Å²) < 4.78 is 8.96. The van der Waals surface area contributed by atoms with Crippen molar-refractivity contribution < 1.29 is 4.42 Å². The lowest BCUT2D eigenvalue weighted by atomic mass is 9.65. The molecular weight excluding hydrogens is 717 g/mol. The molecule has 0 amide bonds. The Morgan fingerprint density at radius 1 is 0.373 bits per heavy atom. The van der Waals surface area contributed by atoms with Crippen molar-refractivity contribution in [3.63, 3.8) is 0 Å². The summed E-state index contributed by atoms with van der Waals surface area (Å²) in [6, 6.07) is 75.1. The third-order valence-corrected chi connectivity index (χ3v) is 12.8. The van der Waals surface area contributed by atoms with Crippen LogP contribution < -0.4 is 0 Å². The van der Waals surface area contributed by atoms with Crippen molar-refractivity contribution in [3.8, 4) is 61.6 Å². The zero-order chi connectivity index (χ0) is 38.7. The van der Waals surface area contributed by atoms with Gasteiger partial charge < -0.3 is 4.42 Å². The molecule has 11 aromatic rings. The van der Waals surface area contributed by atoms with Crippen LogP contribution in [0.4, 0.5) is 0 Å². The van der Waals surface area contributed by atoms with E-state index >= 15 is 0 Å². The number of furan rings is 1. The van der Waals surface area contributed by atoms with Gasteiger partial charge >= 0.3 is 0 Å². The van der Waals surface area contributed by atoms with Gasteiger partial charge in [-0.3, -0.25) is 4.57 Å². The Hall–Kier alpha value is -7.75. The van der Waals surface area contributed by atoms with Gasteiger partial charge in [0.2, 0.25) is 0 Å². The largest absolute Gasteiger partial charge is 0.456 e. The molecule has 274 valence electrons. The number of fused-ring (bicyclic) bond motifs is 16. The monoisotopic (exact) mass is 750 g/mol. The van der Waals surface area contributed by atoms with Crippen LogP contribution >= 0.6 is 0 Å². The maximum Gasteiger partial charge on any atom is 0.145 e. The predicted octanol–water partition coefficient (Wildman–Crippen LogP) is 14.3. The van der Waals surface area contributed by atoms with E-state index in [9.17, 15) is 0 Å². The lowest BCUT2D eigenvalue weighted by molar-refractivity contribution is 0.666. The number of hydrogen-bond acceptors (Lipinski definition) is 2. The summed E-state index contributed by atoms with van der Waals surface area (Å²) in [5.41, 5.74) is 20.2. The highest BCUT2D eigenvalue weighted by molar-refractivity contribution is 6.09. The van der Waals surface area contributed by atoms with Crippen molar-refractivity contribution in [2.75, 3.05) is 0 Å². The van der Waals surface area contributed by atoms with E-state index < -0.39 is 5.41 Å². The van der Waals surface area contributed by atoms with E-state index in [1.165, 1.54) is 55.6 Å². The average Bonchev–Trinajstić information content (AvgIpc) is 3.94. The molecule has 3 heteroatoms. The number of aromatic nitrogens is 2. The summed E-state index contributed by atoms with van der Waals surface area (Å²) in [5.74, 6) is 0.925. The fourth-order valence-electron chi connectivity index (χ4n) is 10.4. The van der Waals surface area contributed by atoms with Crippen molar-refractivity contribution in [1.29, 1.82) is 0 Å². The van der Waals surface area contributed by atoms with Gasteiger partial charge in [0.15, 0.2) is 0 Å². The molecule has 2 aliphatic rings. The first kappa shape index (κ1) is 32.3. The summed E-state index contributed by atoms with van der Waals surface area (Å²) in [6.45, 7) is 0. The van der Waals surface area contributed by atoms with Crippen LogP contribution in [0.15, 0.2) is 211 Å². The Labute approximate surface area is 341 Å². The summed E-state index contributed by atoms with van der Waals surface area (Å²) in [5, 5.41) is 2.28. The zero-order valence-corrected chi connectivity index (χ0v) is 31.9. The van der Waals surface area contributed by atoms with E-state index in [1.54, 1.807) is 0 Å². The zero-order valence-electron chi connectivity index (χ0n) is 31.9. The molecule has 2 aliphatic carbocycles. The highest BCUT2D eigenvalue weighted by atomic mass is 16.3. The first-order chi connectivity index (χ1) is 29.3. The van der Waals surface area contributed by atoms with Crippen molar-refractivity contribution in [1.82, 2.24) is 9.55 Å². The minimum atomic E-state index is -0.639. The summed E-state index contributed by atoms with van der Waals surface area (Å²) >= 11 is 0. The molecule has 13 rings (SSSR count). The molecule has 1 atom stereocenters. The third-order valence-electron chi connectivity index (χ3n) is 12.8. The number of benzene rings is 9. The molecule has 9 aromatic carbocycles. The Morgan fingerprint density at radius 3 is 1.71 bits per heavy atom. The van der Waals surface area contributed by atoms with Gasteiger partial charge in [-0.15, -0.1) is 0 Å². The number of hydrogen-bond donors (Lipinski definition) is 0. The predicted molar refractivity (Wildman–Crippen MR) is 241 cm³/mol. The van der Waals surface area contributed by atoms with Crippen molar-refractivity contribution >= 4 is 33.0 Å². The Morgan fingerprint density at radius 2 is 0.949 bits per heavy atom. The van der Waals surface area contributed by atoms with E-state index in [2.05, 4.69) is 211 Å². The van der Waals surface area contributed by atoms with Crippen LogP contribution in [-0.4, -0.2) is 9.55 Å². The second kappa shape index (κ2) is 12.1. The van der Waals surface area contributed by atoms with E-state index in [0.717, 1.165) is 61.2 Å². The Kier molecular flexibility index (Phi) is 6.65. The fourth-order valence-corrected chi connectivity index (χ4v) is 10.4. The van der Waals surface area contributed by atoms with Crippen LogP contribution in [0.5, 0.6) is 0 Å². The average molecular weight is 751 g/mol. The quantitative estimate of drug-likeness (QED) is 0.180. The summed E-state index contributed by atoms with van der Waals surface area (Å²) in [6.07, 6.45) is 0. The van der Waals surface area contributed by atoms with Gasteiger partial charge in [0.1, 0.15) is 17.0 Å². The first-order valence-corrected chi connectivity index (χ1v) is 20.3. The first-order valence-electron chi connectivity index (χ1n) is 20.3. The molecule has 2 aromatic heterocycles. The minimum Gasteiger partial charge on any atom is -0.456 e. The van der Waals surface area contributed by atoms with Crippen LogP contribution in [0.2, 0.25) is 0 Å². The second-order valence-corrected chi connectivity index (χ2v) is 15.8. The lowest BCUT2D eigenvalue weighted by Crippen LogP contribution is -2.29. The highest BCUT2D eigenvalue weighted by Crippen LogP contribution is 2.62. The van der Waals surface area contributed by atoms with Crippen LogP contribution in [-0.2, 0) is 5.41 Å². The minimum absolute atomic E-state index is 0.639. The van der Waals surface area contributed by atoms with Gasteiger partial charge in [0, 0.05) is 22.0 Å². The second-order valence-electron chi connectivity index (χ2n) is 15.8. The number of para-hydroxylation sites is 2. The van der Waals surface area contributed by atoms with Crippen molar-refractivity contribution in [3.05, 3.63) is 229 Å². The molecule has 1 unspecified atom stereocenters. The lowest BCUT2D eigenvalue weighted by Gasteiger charge is -2.35. The van der Waals surface area contributed by atoms with Gasteiger partial charge in [0.25, 0.3) is 0 Å². The summed E-state index contributed by atoms with van der Waals surface area (Å²) in [4.78, 5) is 5.34. The van der Waals surface area contributed by atoms with Gasteiger partial charge in [-0.05, 0) is 115 Å². The van der Waals surface area contributed by atoms with Gasteiger partial charge in [-0.25, -0.2) is 4.98 Å². The highest BCUT2D eigenvalue weighted by Gasteiger charge is 2.50. The molecule has 0 radical (unpaired) electrons. The van der Waals surface area contributed by atoms with E-state index in [4.69, 9.17) is 9.40 Å². The fraction of sp³-hybridized carbons (Fsp3) is 0.0179. The normalized spacial score (nSPS) is 14.8. The maximum absolute atomic E-state index is 6.68. The van der Waals surface area contributed by atoms with Crippen LogP contribution in [0, 0.1) is 0 Å². The molecule has 3 nitrogen and oxygen atoms in total. The molecule has 0 saturated carbocycles. The van der Waals surface area contributed by atoms with Crippen molar-refractivity contribution in [2.24, 2.45) is 0 Å². The topological polar surface area (TPSA) is 31.0 Å². The van der Waals surface area contributed by atoms with Crippen LogP contribution in [0.25, 0.3) is 94.6 Å². The number of imidazole rings is 1. The molecule has 0 N–H and O–H groups in total. The summed E-state index contributed by atoms with van der Waals surface area (Å²) in [7, 11) is 0. The third kappa shape index (κ3) is 4.44. The molecule has 0 bridgehead atoms. The number of rotatable bonds is 3. The van der Waals surface area contributed by atoms with Crippen molar-refractivity contribution in [2.45, 2.75) is 5.41 Å². The molecule has 0 fully saturated rings. The molecule has 59 heavy (non-hydrogen) atoms. The van der Waals surface area contributed by atoms with Crippen LogP contribution in [0.1, 0.15) is 22.3 Å². The standard InChI is InChI=1S/C56H34N2O/c1-3-15-35(16-4-1)55-57-51-32-37(28-30-52(51)58(55)38-17-5-2-6-18-38)36-27-29-43-40-20-8-7-19-39(40)41-21-9-12-24-47(41)56(49(43)31-36)48-25-13-10-22-42(48)45-33-46-44-23-11-14-26-53(44)59-54(46)34-50(45)56/h1-34H. The Bertz CT molecular complexity index is 3500. The van der Waals surface area contributed by atoms with E-state index in [1.807, 2.05) is 0 Å². The molecule has 0 aliphatic heterocycles.